The topological polar surface area (TPSA) is 68.0 Å². The van der Waals surface area contributed by atoms with Crippen LogP contribution in [0.15, 0.2) is 12.4 Å². The number of hydrogen-bond donors (Lipinski definition) is 1. The summed E-state index contributed by atoms with van der Waals surface area (Å²) in [6.45, 7) is 0. The first-order chi connectivity index (χ1) is 6.43. The highest BCUT2D eigenvalue weighted by Crippen LogP contribution is 2.23. The minimum absolute atomic E-state index is 0.580. The molecule has 0 unspecified atom stereocenters. The van der Waals surface area contributed by atoms with Crippen molar-refractivity contribution in [3.63, 3.8) is 0 Å². The zero-order valence-corrected chi connectivity index (χ0v) is 6.88. The van der Waals surface area contributed by atoms with Gasteiger partial charge < -0.3 is 5.32 Å². The van der Waals surface area contributed by atoms with Gasteiger partial charge in [0.2, 0.25) is 0 Å². The molecular formula is C7H8N6. The van der Waals surface area contributed by atoms with E-state index < -0.39 is 0 Å². The van der Waals surface area contributed by atoms with E-state index in [1.165, 1.54) is 12.8 Å². The Morgan fingerprint density at radius 3 is 3.15 bits per heavy atom. The van der Waals surface area contributed by atoms with Gasteiger partial charge in [-0.3, -0.25) is 4.98 Å². The molecule has 1 N–H and O–H groups in total. The number of nitrogens with zero attached hydrogens (tertiary/aromatic N) is 5. The van der Waals surface area contributed by atoms with Crippen LogP contribution in [0.2, 0.25) is 0 Å². The van der Waals surface area contributed by atoms with E-state index in [0.29, 0.717) is 11.7 Å². The number of rotatable bonds is 2. The fraction of sp³-hybridized carbons (Fsp3) is 0.429. The fourth-order valence-electron chi connectivity index (χ4n) is 1.21. The van der Waals surface area contributed by atoms with Crippen LogP contribution in [0, 0.1) is 0 Å². The van der Waals surface area contributed by atoms with E-state index in [0.717, 1.165) is 5.82 Å². The molecule has 3 rings (SSSR count). The molecule has 66 valence electrons. The van der Waals surface area contributed by atoms with E-state index in [9.17, 15) is 0 Å². The van der Waals surface area contributed by atoms with Crippen molar-refractivity contribution in [2.45, 2.75) is 18.9 Å². The smallest absolute Gasteiger partial charge is 0.199 e. The van der Waals surface area contributed by atoms with Gasteiger partial charge in [0, 0.05) is 6.04 Å². The van der Waals surface area contributed by atoms with Crippen LogP contribution in [0.3, 0.4) is 0 Å². The average molecular weight is 176 g/mol. The van der Waals surface area contributed by atoms with Gasteiger partial charge in [0.25, 0.3) is 0 Å². The van der Waals surface area contributed by atoms with Gasteiger partial charge in [-0.2, -0.15) is 4.52 Å². The average Bonchev–Trinajstić information content (AvgIpc) is 2.83. The van der Waals surface area contributed by atoms with Crippen molar-refractivity contribution >= 4 is 11.5 Å². The molecule has 0 aromatic carbocycles. The van der Waals surface area contributed by atoms with Crippen molar-refractivity contribution < 1.29 is 0 Å². The van der Waals surface area contributed by atoms with Crippen molar-refractivity contribution in [3.05, 3.63) is 12.4 Å². The normalized spacial score (nSPS) is 16.3. The second kappa shape index (κ2) is 2.38. The minimum atomic E-state index is 0.580. The number of nitrogens with one attached hydrogen (secondary N) is 1. The molecule has 13 heavy (non-hydrogen) atoms. The van der Waals surface area contributed by atoms with Crippen molar-refractivity contribution in [3.8, 4) is 0 Å². The molecule has 0 amide bonds. The summed E-state index contributed by atoms with van der Waals surface area (Å²) >= 11 is 0. The number of fused-ring (bicyclic) bond motifs is 1. The highest BCUT2D eigenvalue weighted by molar-refractivity contribution is 5.44. The maximum absolute atomic E-state index is 4.04. The molecule has 1 aliphatic rings. The predicted octanol–water partition coefficient (Wildman–Crippen LogP) is 0.0936. The summed E-state index contributed by atoms with van der Waals surface area (Å²) in [5.41, 5.74) is 0.672. The summed E-state index contributed by atoms with van der Waals surface area (Å²) < 4.78 is 1.66. The molecule has 1 aliphatic carbocycles. The van der Waals surface area contributed by atoms with E-state index in [-0.39, 0.29) is 0 Å². The molecule has 0 atom stereocenters. The van der Waals surface area contributed by atoms with Gasteiger partial charge in [-0.25, -0.2) is 0 Å². The fourth-order valence-corrected chi connectivity index (χ4v) is 1.21. The SMILES string of the molecule is c1ncc2nnnn2c1NC1CC1. The van der Waals surface area contributed by atoms with Crippen molar-refractivity contribution in [2.75, 3.05) is 5.32 Å². The van der Waals surface area contributed by atoms with Gasteiger partial charge in [-0.05, 0) is 23.3 Å². The van der Waals surface area contributed by atoms with E-state index >= 15 is 0 Å². The summed E-state index contributed by atoms with van der Waals surface area (Å²) in [5, 5.41) is 14.5. The second-order valence-electron chi connectivity index (χ2n) is 3.16. The first kappa shape index (κ1) is 6.76. The summed E-state index contributed by atoms with van der Waals surface area (Å²) in [7, 11) is 0. The quantitative estimate of drug-likeness (QED) is 0.702. The first-order valence-corrected chi connectivity index (χ1v) is 4.22. The Bertz CT molecular complexity index is 431. The summed E-state index contributed by atoms with van der Waals surface area (Å²) in [6.07, 6.45) is 5.82. The molecule has 0 radical (unpaired) electrons. The molecule has 2 aromatic heterocycles. The maximum Gasteiger partial charge on any atom is 0.199 e. The summed E-state index contributed by atoms with van der Waals surface area (Å²) in [4.78, 5) is 4.04. The Labute approximate surface area is 74.0 Å². The van der Waals surface area contributed by atoms with E-state index in [4.69, 9.17) is 0 Å². The van der Waals surface area contributed by atoms with E-state index in [2.05, 4.69) is 25.8 Å². The summed E-state index contributed by atoms with van der Waals surface area (Å²) in [6, 6.07) is 0.580. The molecule has 6 heteroatoms. The van der Waals surface area contributed by atoms with Crippen LogP contribution in [0.1, 0.15) is 12.8 Å². The highest BCUT2D eigenvalue weighted by atomic mass is 15.5. The third-order valence-corrected chi connectivity index (χ3v) is 2.04. The third kappa shape index (κ3) is 1.10. The molecule has 1 fully saturated rings. The van der Waals surface area contributed by atoms with E-state index in [1.807, 2.05) is 0 Å². The molecular weight excluding hydrogens is 168 g/mol. The zero-order valence-electron chi connectivity index (χ0n) is 6.88. The third-order valence-electron chi connectivity index (χ3n) is 2.04. The Morgan fingerprint density at radius 1 is 1.38 bits per heavy atom. The standard InChI is InChI=1S/C7H8N6/c1-2-5(1)9-6-3-8-4-7-10-11-12-13(6)7/h3-5,9H,1-2H2. The van der Waals surface area contributed by atoms with Gasteiger partial charge >= 0.3 is 0 Å². The Morgan fingerprint density at radius 2 is 2.31 bits per heavy atom. The monoisotopic (exact) mass is 176 g/mol. The van der Waals surface area contributed by atoms with Gasteiger partial charge in [0.05, 0.1) is 12.4 Å². The van der Waals surface area contributed by atoms with Crippen LogP contribution in [-0.2, 0) is 0 Å². The van der Waals surface area contributed by atoms with Crippen LogP contribution in [0.25, 0.3) is 5.65 Å². The molecule has 0 aliphatic heterocycles. The molecule has 2 aromatic rings. The number of tetrazole rings is 1. The number of hydrogen-bond acceptors (Lipinski definition) is 5. The van der Waals surface area contributed by atoms with Crippen molar-refractivity contribution in [1.82, 2.24) is 25.0 Å². The lowest BCUT2D eigenvalue weighted by Gasteiger charge is -2.03. The van der Waals surface area contributed by atoms with E-state index in [1.54, 1.807) is 16.9 Å². The van der Waals surface area contributed by atoms with Crippen LogP contribution < -0.4 is 5.32 Å². The van der Waals surface area contributed by atoms with Gasteiger partial charge in [-0.1, -0.05) is 0 Å². The van der Waals surface area contributed by atoms with Crippen molar-refractivity contribution in [1.29, 1.82) is 0 Å². The number of anilines is 1. The Balaban J connectivity index is 2.09. The Hall–Kier alpha value is -1.72. The molecule has 1 saturated carbocycles. The maximum atomic E-state index is 4.04. The molecule has 2 heterocycles. The summed E-state index contributed by atoms with van der Waals surface area (Å²) in [5.74, 6) is 0.866. The first-order valence-electron chi connectivity index (χ1n) is 4.22. The van der Waals surface area contributed by atoms with Gasteiger partial charge in [-0.15, -0.1) is 5.10 Å². The van der Waals surface area contributed by atoms with Crippen LogP contribution in [0.5, 0.6) is 0 Å². The largest absolute Gasteiger partial charge is 0.366 e. The molecule has 0 spiro atoms. The highest BCUT2D eigenvalue weighted by Gasteiger charge is 2.22. The minimum Gasteiger partial charge on any atom is -0.366 e. The predicted molar refractivity (Wildman–Crippen MR) is 45.2 cm³/mol. The lowest BCUT2D eigenvalue weighted by atomic mass is 10.6. The molecule has 6 nitrogen and oxygen atoms in total. The van der Waals surface area contributed by atoms with Crippen LogP contribution in [0.4, 0.5) is 5.82 Å². The zero-order chi connectivity index (χ0) is 8.67. The lowest BCUT2D eigenvalue weighted by Crippen LogP contribution is -2.07. The Kier molecular flexibility index (Phi) is 1.24. The molecule has 0 saturated heterocycles. The van der Waals surface area contributed by atoms with Crippen LogP contribution >= 0.6 is 0 Å². The van der Waals surface area contributed by atoms with Crippen LogP contribution in [-0.4, -0.2) is 31.1 Å². The van der Waals surface area contributed by atoms with Gasteiger partial charge in [0.15, 0.2) is 11.5 Å². The second-order valence-corrected chi connectivity index (χ2v) is 3.16. The van der Waals surface area contributed by atoms with Gasteiger partial charge in [0.1, 0.15) is 0 Å². The number of aromatic nitrogens is 5. The lowest BCUT2D eigenvalue weighted by molar-refractivity contribution is 0.819. The van der Waals surface area contributed by atoms with Crippen molar-refractivity contribution in [2.24, 2.45) is 0 Å². The molecule has 0 bridgehead atoms.